The molecule has 0 aromatic heterocycles. The minimum Gasteiger partial charge on any atom is -0.495 e. The third kappa shape index (κ3) is 3.01. The number of aliphatic hydroxyl groups is 1. The predicted octanol–water partition coefficient (Wildman–Crippen LogP) is 3.83. The second-order valence-corrected chi connectivity index (χ2v) is 5.07. The summed E-state index contributed by atoms with van der Waals surface area (Å²) in [6, 6.07) is 6.50. The fourth-order valence-corrected chi connectivity index (χ4v) is 2.68. The molecule has 0 saturated heterocycles. The summed E-state index contributed by atoms with van der Waals surface area (Å²) in [5, 5.41) is 10.4. The molecule has 1 N–H and O–H groups in total. The topological polar surface area (TPSA) is 38.7 Å². The van der Waals surface area contributed by atoms with Crippen LogP contribution in [-0.2, 0) is 0 Å². The van der Waals surface area contributed by atoms with Crippen molar-refractivity contribution in [3.05, 3.63) is 57.6 Å². The zero-order valence-electron chi connectivity index (χ0n) is 11.4. The number of hydrogen-bond donors (Lipinski definition) is 1. The molecule has 2 aromatic carbocycles. The van der Waals surface area contributed by atoms with Gasteiger partial charge in [0, 0.05) is 5.56 Å². The van der Waals surface area contributed by atoms with Crippen molar-refractivity contribution in [1.82, 2.24) is 0 Å². The summed E-state index contributed by atoms with van der Waals surface area (Å²) in [5.41, 5.74) is 0.639. The van der Waals surface area contributed by atoms with Gasteiger partial charge >= 0.3 is 0 Å². The number of rotatable bonds is 4. The van der Waals surface area contributed by atoms with Crippen molar-refractivity contribution >= 4 is 15.9 Å². The lowest BCUT2D eigenvalue weighted by atomic mass is 10.00. The fraction of sp³-hybridized carbons (Fsp3) is 0.200. The third-order valence-electron chi connectivity index (χ3n) is 3.07. The Balaban J connectivity index is 2.50. The number of ether oxygens (including phenoxy) is 2. The van der Waals surface area contributed by atoms with E-state index in [9.17, 15) is 13.9 Å². The first-order valence-electron chi connectivity index (χ1n) is 6.03. The molecule has 6 heteroatoms. The van der Waals surface area contributed by atoms with Crippen molar-refractivity contribution < 1.29 is 23.4 Å². The predicted molar refractivity (Wildman–Crippen MR) is 77.7 cm³/mol. The minimum atomic E-state index is -1.16. The second-order valence-electron chi connectivity index (χ2n) is 4.28. The fourth-order valence-electron chi connectivity index (χ4n) is 2.00. The maximum absolute atomic E-state index is 13.3. The molecule has 0 aliphatic carbocycles. The Morgan fingerprint density at radius 2 is 1.76 bits per heavy atom. The van der Waals surface area contributed by atoms with Crippen molar-refractivity contribution in [2.24, 2.45) is 0 Å². The van der Waals surface area contributed by atoms with Gasteiger partial charge < -0.3 is 14.6 Å². The Bertz CT molecular complexity index is 662. The monoisotopic (exact) mass is 358 g/mol. The molecule has 3 nitrogen and oxygen atoms in total. The van der Waals surface area contributed by atoms with Crippen LogP contribution in [0.15, 0.2) is 34.8 Å². The number of aliphatic hydroxyl groups excluding tert-OH is 1. The van der Waals surface area contributed by atoms with Gasteiger partial charge in [0.05, 0.1) is 14.2 Å². The molecule has 21 heavy (non-hydrogen) atoms. The lowest BCUT2D eigenvalue weighted by Gasteiger charge is -2.18. The molecule has 2 aromatic rings. The largest absolute Gasteiger partial charge is 0.495 e. The van der Waals surface area contributed by atoms with Crippen molar-refractivity contribution in [1.29, 1.82) is 0 Å². The van der Waals surface area contributed by atoms with Crippen LogP contribution in [0, 0.1) is 11.6 Å². The number of halogens is 3. The van der Waals surface area contributed by atoms with Crippen molar-refractivity contribution in [3.8, 4) is 11.5 Å². The van der Waals surface area contributed by atoms with E-state index >= 15 is 0 Å². The Kier molecular flexibility index (Phi) is 4.80. The summed E-state index contributed by atoms with van der Waals surface area (Å²) in [4.78, 5) is 0. The van der Waals surface area contributed by atoms with Crippen LogP contribution in [0.1, 0.15) is 17.2 Å². The molecule has 0 heterocycles. The molecule has 112 valence electrons. The van der Waals surface area contributed by atoms with Gasteiger partial charge in [0.1, 0.15) is 22.1 Å². The smallest absolute Gasteiger partial charge is 0.159 e. The summed E-state index contributed by atoms with van der Waals surface area (Å²) in [7, 11) is 2.95. The Hall–Kier alpha value is -1.66. The first kappa shape index (κ1) is 15.7. The van der Waals surface area contributed by atoms with Crippen LogP contribution in [-0.4, -0.2) is 19.3 Å². The van der Waals surface area contributed by atoms with E-state index in [1.54, 1.807) is 12.1 Å². The SMILES string of the molecule is COc1ccc(C(O)c2ccc(F)c(F)c2)c(OC)c1Br. The van der Waals surface area contributed by atoms with Gasteiger partial charge in [0.2, 0.25) is 0 Å². The zero-order chi connectivity index (χ0) is 15.6. The highest BCUT2D eigenvalue weighted by atomic mass is 79.9. The second kappa shape index (κ2) is 6.41. The van der Waals surface area contributed by atoms with Crippen molar-refractivity contribution in [2.75, 3.05) is 14.2 Å². The lowest BCUT2D eigenvalue weighted by molar-refractivity contribution is 0.213. The molecular weight excluding hydrogens is 346 g/mol. The Labute approximate surface area is 129 Å². The maximum Gasteiger partial charge on any atom is 0.159 e. The van der Waals surface area contributed by atoms with Crippen molar-refractivity contribution in [3.63, 3.8) is 0 Å². The molecule has 0 aliphatic rings. The molecule has 0 bridgehead atoms. The van der Waals surface area contributed by atoms with Crippen LogP contribution >= 0.6 is 15.9 Å². The summed E-state index contributed by atoms with van der Waals surface area (Å²) < 4.78 is 37.2. The molecule has 0 radical (unpaired) electrons. The van der Waals surface area contributed by atoms with E-state index in [1.807, 2.05) is 0 Å². The van der Waals surface area contributed by atoms with Crippen LogP contribution in [0.4, 0.5) is 8.78 Å². The normalized spacial score (nSPS) is 12.1. The van der Waals surface area contributed by atoms with Gasteiger partial charge in [-0.1, -0.05) is 6.07 Å². The highest BCUT2D eigenvalue weighted by molar-refractivity contribution is 9.10. The lowest BCUT2D eigenvalue weighted by Crippen LogP contribution is -2.04. The molecule has 0 saturated carbocycles. The third-order valence-corrected chi connectivity index (χ3v) is 3.82. The van der Waals surface area contributed by atoms with Crippen LogP contribution in [0.2, 0.25) is 0 Å². The summed E-state index contributed by atoms with van der Waals surface area (Å²) in [6.07, 6.45) is -1.16. The van der Waals surface area contributed by atoms with Crippen LogP contribution in [0.25, 0.3) is 0 Å². The Morgan fingerprint density at radius 1 is 1.05 bits per heavy atom. The highest BCUT2D eigenvalue weighted by Gasteiger charge is 2.21. The van der Waals surface area contributed by atoms with Gasteiger partial charge in [-0.25, -0.2) is 8.78 Å². The molecule has 1 atom stereocenters. The quantitative estimate of drug-likeness (QED) is 0.902. The zero-order valence-corrected chi connectivity index (χ0v) is 12.9. The molecule has 1 unspecified atom stereocenters. The summed E-state index contributed by atoms with van der Waals surface area (Å²) >= 11 is 3.32. The average Bonchev–Trinajstić information content (AvgIpc) is 2.49. The standard InChI is InChI=1S/C15H13BrF2O3/c1-20-12-6-4-9(15(21-2)13(12)16)14(19)8-3-5-10(17)11(18)7-8/h3-7,14,19H,1-2H3. The Morgan fingerprint density at radius 3 is 2.33 bits per heavy atom. The molecular formula is C15H13BrF2O3. The first-order chi connectivity index (χ1) is 9.99. The van der Waals surface area contributed by atoms with E-state index in [0.717, 1.165) is 12.1 Å². The first-order valence-corrected chi connectivity index (χ1v) is 6.82. The minimum absolute atomic E-state index is 0.226. The van der Waals surface area contributed by atoms with Crippen LogP contribution < -0.4 is 9.47 Å². The van der Waals surface area contributed by atoms with Gasteiger partial charge in [-0.15, -0.1) is 0 Å². The highest BCUT2D eigenvalue weighted by Crippen LogP contribution is 2.41. The number of hydrogen-bond acceptors (Lipinski definition) is 3. The van der Waals surface area contributed by atoms with Gasteiger partial charge in [-0.3, -0.25) is 0 Å². The number of methoxy groups -OCH3 is 2. The van der Waals surface area contributed by atoms with E-state index in [4.69, 9.17) is 9.47 Å². The molecule has 0 fully saturated rings. The summed E-state index contributed by atoms with van der Waals surface area (Å²) in [6.45, 7) is 0. The summed E-state index contributed by atoms with van der Waals surface area (Å²) in [5.74, 6) is -1.08. The van der Waals surface area contributed by atoms with E-state index < -0.39 is 17.7 Å². The van der Waals surface area contributed by atoms with E-state index in [2.05, 4.69) is 15.9 Å². The van der Waals surface area contributed by atoms with E-state index in [0.29, 0.717) is 21.5 Å². The van der Waals surface area contributed by atoms with Gasteiger partial charge in [0.25, 0.3) is 0 Å². The van der Waals surface area contributed by atoms with E-state index in [1.165, 1.54) is 20.3 Å². The average molecular weight is 359 g/mol. The molecule has 0 spiro atoms. The van der Waals surface area contributed by atoms with Gasteiger partial charge in [-0.2, -0.15) is 0 Å². The van der Waals surface area contributed by atoms with Crippen molar-refractivity contribution in [2.45, 2.75) is 6.10 Å². The van der Waals surface area contributed by atoms with Gasteiger partial charge in [-0.05, 0) is 45.8 Å². The molecule has 0 aliphatic heterocycles. The van der Waals surface area contributed by atoms with E-state index in [-0.39, 0.29) is 5.56 Å². The van der Waals surface area contributed by atoms with Crippen LogP contribution in [0.3, 0.4) is 0 Å². The molecule has 0 amide bonds. The van der Waals surface area contributed by atoms with Crippen LogP contribution in [0.5, 0.6) is 11.5 Å². The molecule has 2 rings (SSSR count). The van der Waals surface area contributed by atoms with Gasteiger partial charge in [0.15, 0.2) is 11.6 Å². The maximum atomic E-state index is 13.3. The number of benzene rings is 2.